The van der Waals surface area contributed by atoms with Crippen LogP contribution in [-0.2, 0) is 9.59 Å². The highest BCUT2D eigenvalue weighted by molar-refractivity contribution is 5.92. The molecule has 0 aliphatic rings. The van der Waals surface area contributed by atoms with E-state index in [-0.39, 0.29) is 11.8 Å². The summed E-state index contributed by atoms with van der Waals surface area (Å²) in [5.74, 6) is -0.0659. The molecule has 0 unspecified atom stereocenters. The molecule has 1 aromatic carbocycles. The Kier molecular flexibility index (Phi) is 3.85. The van der Waals surface area contributed by atoms with Gasteiger partial charge in [-0.05, 0) is 24.3 Å². The maximum Gasteiger partial charge on any atom is 0.226 e. The first-order valence-electron chi connectivity index (χ1n) is 4.74. The number of nitrogens with one attached hydrogen (secondary N) is 2. The van der Waals surface area contributed by atoms with Gasteiger partial charge in [-0.1, -0.05) is 13.8 Å². The van der Waals surface area contributed by atoms with E-state index < -0.39 is 0 Å². The molecule has 0 fully saturated rings. The fourth-order valence-electron chi connectivity index (χ4n) is 1.00. The summed E-state index contributed by atoms with van der Waals surface area (Å²) in [5.41, 5.74) is 1.43. The Hall–Kier alpha value is -1.84. The SMILES string of the molecule is CC(C)C(=O)Nc1ccc(NC=O)cc1. The number of hydrogen-bond acceptors (Lipinski definition) is 2. The average molecular weight is 206 g/mol. The average Bonchev–Trinajstić information content (AvgIpc) is 2.21. The second-order valence-electron chi connectivity index (χ2n) is 3.48. The molecule has 0 atom stereocenters. The molecule has 4 heteroatoms. The van der Waals surface area contributed by atoms with Crippen LogP contribution in [0.4, 0.5) is 11.4 Å². The van der Waals surface area contributed by atoms with Crippen molar-refractivity contribution >= 4 is 23.7 Å². The standard InChI is InChI=1S/C11H14N2O2/c1-8(2)11(15)13-10-5-3-9(4-6-10)12-7-14/h3-8H,1-2H3,(H,12,14)(H,13,15). The van der Waals surface area contributed by atoms with Crippen LogP contribution in [0.1, 0.15) is 13.8 Å². The first kappa shape index (κ1) is 11.2. The highest BCUT2D eigenvalue weighted by Gasteiger charge is 2.06. The Balaban J connectivity index is 2.64. The number of rotatable bonds is 4. The largest absolute Gasteiger partial charge is 0.329 e. The molecule has 80 valence electrons. The first-order chi connectivity index (χ1) is 7.13. The lowest BCUT2D eigenvalue weighted by Crippen LogP contribution is -2.17. The van der Waals surface area contributed by atoms with E-state index in [9.17, 15) is 9.59 Å². The molecule has 0 spiro atoms. The van der Waals surface area contributed by atoms with E-state index in [0.717, 1.165) is 5.69 Å². The summed E-state index contributed by atoms with van der Waals surface area (Å²) in [6.45, 7) is 3.66. The van der Waals surface area contributed by atoms with Crippen LogP contribution in [-0.4, -0.2) is 12.3 Å². The fraction of sp³-hybridized carbons (Fsp3) is 0.273. The maximum absolute atomic E-state index is 11.3. The highest BCUT2D eigenvalue weighted by Crippen LogP contribution is 2.13. The van der Waals surface area contributed by atoms with Crippen molar-refractivity contribution in [3.8, 4) is 0 Å². The van der Waals surface area contributed by atoms with Crippen LogP contribution in [0.25, 0.3) is 0 Å². The molecule has 0 saturated carbocycles. The zero-order valence-electron chi connectivity index (χ0n) is 8.78. The van der Waals surface area contributed by atoms with Crippen LogP contribution >= 0.6 is 0 Å². The second-order valence-corrected chi connectivity index (χ2v) is 3.48. The summed E-state index contributed by atoms with van der Waals surface area (Å²) in [6, 6.07) is 6.94. The summed E-state index contributed by atoms with van der Waals surface area (Å²) < 4.78 is 0. The summed E-state index contributed by atoms with van der Waals surface area (Å²) in [4.78, 5) is 21.5. The predicted molar refractivity (Wildman–Crippen MR) is 59.6 cm³/mol. The van der Waals surface area contributed by atoms with Gasteiger partial charge < -0.3 is 10.6 Å². The van der Waals surface area contributed by atoms with Crippen LogP contribution in [0.3, 0.4) is 0 Å². The van der Waals surface area contributed by atoms with Crippen molar-refractivity contribution < 1.29 is 9.59 Å². The Morgan fingerprint density at radius 3 is 2.20 bits per heavy atom. The normalized spacial score (nSPS) is 9.80. The highest BCUT2D eigenvalue weighted by atomic mass is 16.1. The zero-order valence-corrected chi connectivity index (χ0v) is 8.78. The second kappa shape index (κ2) is 5.14. The van der Waals surface area contributed by atoms with Crippen molar-refractivity contribution in [1.29, 1.82) is 0 Å². The molecule has 15 heavy (non-hydrogen) atoms. The van der Waals surface area contributed by atoms with Gasteiger partial charge in [-0.15, -0.1) is 0 Å². The van der Waals surface area contributed by atoms with E-state index in [4.69, 9.17) is 0 Å². The molecule has 0 aliphatic heterocycles. The smallest absolute Gasteiger partial charge is 0.226 e. The van der Waals surface area contributed by atoms with Crippen molar-refractivity contribution in [1.82, 2.24) is 0 Å². The van der Waals surface area contributed by atoms with E-state index in [1.54, 1.807) is 24.3 Å². The number of hydrogen-bond donors (Lipinski definition) is 2. The summed E-state index contributed by atoms with van der Waals surface area (Å²) in [7, 11) is 0. The third kappa shape index (κ3) is 3.42. The van der Waals surface area contributed by atoms with Crippen molar-refractivity contribution in [2.75, 3.05) is 10.6 Å². The molecule has 1 rings (SSSR count). The minimum absolute atomic E-state index is 0.0221. The molecule has 0 bridgehead atoms. The molecule has 2 N–H and O–H groups in total. The van der Waals surface area contributed by atoms with Crippen LogP contribution in [0.2, 0.25) is 0 Å². The fourth-order valence-corrected chi connectivity index (χ4v) is 1.00. The molecular weight excluding hydrogens is 192 g/mol. The van der Waals surface area contributed by atoms with Gasteiger partial charge in [0.2, 0.25) is 12.3 Å². The third-order valence-corrected chi connectivity index (χ3v) is 1.90. The maximum atomic E-state index is 11.3. The Morgan fingerprint density at radius 2 is 1.73 bits per heavy atom. The third-order valence-electron chi connectivity index (χ3n) is 1.90. The van der Waals surface area contributed by atoms with Crippen LogP contribution in [0.15, 0.2) is 24.3 Å². The lowest BCUT2D eigenvalue weighted by molar-refractivity contribution is -0.118. The monoisotopic (exact) mass is 206 g/mol. The van der Waals surface area contributed by atoms with E-state index in [1.807, 2.05) is 13.8 Å². The van der Waals surface area contributed by atoms with Crippen molar-refractivity contribution in [2.45, 2.75) is 13.8 Å². The van der Waals surface area contributed by atoms with Gasteiger partial charge in [0, 0.05) is 17.3 Å². The van der Waals surface area contributed by atoms with E-state index in [2.05, 4.69) is 10.6 Å². The predicted octanol–water partition coefficient (Wildman–Crippen LogP) is 1.85. The summed E-state index contributed by atoms with van der Waals surface area (Å²) >= 11 is 0. The molecule has 0 radical (unpaired) electrons. The van der Waals surface area contributed by atoms with E-state index >= 15 is 0 Å². The Bertz CT molecular complexity index is 344. The molecule has 0 saturated heterocycles. The molecule has 2 amide bonds. The Morgan fingerprint density at radius 1 is 1.20 bits per heavy atom. The van der Waals surface area contributed by atoms with Crippen molar-refractivity contribution in [3.63, 3.8) is 0 Å². The number of anilines is 2. The summed E-state index contributed by atoms with van der Waals surface area (Å²) in [6.07, 6.45) is 0.613. The van der Waals surface area contributed by atoms with Crippen molar-refractivity contribution in [3.05, 3.63) is 24.3 Å². The molecule has 4 nitrogen and oxygen atoms in total. The minimum atomic E-state index is -0.0437. The zero-order chi connectivity index (χ0) is 11.3. The Labute approximate surface area is 88.7 Å². The van der Waals surface area contributed by atoms with Gasteiger partial charge in [0.15, 0.2) is 0 Å². The van der Waals surface area contributed by atoms with Gasteiger partial charge in [-0.2, -0.15) is 0 Å². The van der Waals surface area contributed by atoms with E-state index in [0.29, 0.717) is 12.1 Å². The van der Waals surface area contributed by atoms with Gasteiger partial charge in [-0.3, -0.25) is 9.59 Å². The van der Waals surface area contributed by atoms with Gasteiger partial charge in [0.25, 0.3) is 0 Å². The van der Waals surface area contributed by atoms with Gasteiger partial charge in [-0.25, -0.2) is 0 Å². The van der Waals surface area contributed by atoms with Gasteiger partial charge in [0.05, 0.1) is 0 Å². The minimum Gasteiger partial charge on any atom is -0.329 e. The molecule has 1 aromatic rings. The molecule has 0 aliphatic carbocycles. The quantitative estimate of drug-likeness (QED) is 0.738. The number of amides is 2. The van der Waals surface area contributed by atoms with Gasteiger partial charge in [0.1, 0.15) is 0 Å². The number of benzene rings is 1. The molecular formula is C11H14N2O2. The first-order valence-corrected chi connectivity index (χ1v) is 4.74. The lowest BCUT2D eigenvalue weighted by atomic mass is 10.2. The van der Waals surface area contributed by atoms with Crippen LogP contribution < -0.4 is 10.6 Å². The van der Waals surface area contributed by atoms with E-state index in [1.165, 1.54) is 0 Å². The van der Waals surface area contributed by atoms with Crippen LogP contribution in [0.5, 0.6) is 0 Å². The molecule has 0 aromatic heterocycles. The summed E-state index contributed by atoms with van der Waals surface area (Å²) in [5, 5.41) is 5.27. The lowest BCUT2D eigenvalue weighted by Gasteiger charge is -2.07. The van der Waals surface area contributed by atoms with Gasteiger partial charge >= 0.3 is 0 Å². The van der Waals surface area contributed by atoms with Crippen LogP contribution in [0, 0.1) is 5.92 Å². The number of carbonyl (C=O) groups is 2. The molecule has 0 heterocycles. The number of carbonyl (C=O) groups excluding carboxylic acids is 2. The topological polar surface area (TPSA) is 58.2 Å². The van der Waals surface area contributed by atoms with Crippen molar-refractivity contribution in [2.24, 2.45) is 5.92 Å².